The first-order valence-corrected chi connectivity index (χ1v) is 16.2. The van der Waals surface area contributed by atoms with E-state index >= 15 is 0 Å². The van der Waals surface area contributed by atoms with Gasteiger partial charge in [0.15, 0.2) is 12.6 Å². The molecule has 0 bridgehead atoms. The van der Waals surface area contributed by atoms with Gasteiger partial charge in [0.25, 0.3) is 0 Å². The lowest BCUT2D eigenvalue weighted by Crippen LogP contribution is -2.65. The van der Waals surface area contributed by atoms with Crippen LogP contribution in [0.2, 0.25) is 0 Å². The van der Waals surface area contributed by atoms with Crippen molar-refractivity contribution in [2.24, 2.45) is 0 Å². The summed E-state index contributed by atoms with van der Waals surface area (Å²) >= 11 is 0. The standard InChI is InChI=1S/C28H50N6O16/c35-13-15-23(43)25(45)21(27(47)49-15)29-17(37)9-31-1-5-33(11-19(39)40)7-3-32(4-8-34(6-2-31)12-20(41)42)10-18(38)30-22-26(46)24(44)16(14-36)50-28(22)48/h15-16,21-28,35-36,43-48H,1-14H2,(H,29,37)(H,30,38)(H,39,40)(H,41,42)/t15-,16-,21?,22?,23-,24-,25-,26-,27-,28-/m1/s1. The van der Waals surface area contributed by atoms with E-state index in [0.717, 1.165) is 0 Å². The number of amides is 2. The summed E-state index contributed by atoms with van der Waals surface area (Å²) in [7, 11) is 0. The highest BCUT2D eigenvalue weighted by Crippen LogP contribution is 2.21. The van der Waals surface area contributed by atoms with Crippen LogP contribution in [0.15, 0.2) is 0 Å². The van der Waals surface area contributed by atoms with E-state index in [9.17, 15) is 70.2 Å². The van der Waals surface area contributed by atoms with Crippen molar-refractivity contribution in [3.8, 4) is 0 Å². The van der Waals surface area contributed by atoms with Gasteiger partial charge in [0.1, 0.15) is 48.7 Å². The Morgan fingerprint density at radius 2 is 0.780 bits per heavy atom. The van der Waals surface area contributed by atoms with Crippen LogP contribution in [0.25, 0.3) is 0 Å². The molecule has 3 rings (SSSR count). The Bertz CT molecular complexity index is 1030. The molecule has 50 heavy (non-hydrogen) atoms. The Labute approximate surface area is 287 Å². The average molecular weight is 727 g/mol. The summed E-state index contributed by atoms with van der Waals surface area (Å²) in [5.74, 6) is -3.66. The highest BCUT2D eigenvalue weighted by molar-refractivity contribution is 5.79. The monoisotopic (exact) mass is 726 g/mol. The van der Waals surface area contributed by atoms with E-state index in [1.165, 1.54) is 0 Å². The maximum atomic E-state index is 13.0. The van der Waals surface area contributed by atoms with Crippen LogP contribution in [-0.2, 0) is 28.7 Å². The lowest BCUT2D eigenvalue weighted by molar-refractivity contribution is -0.254. The van der Waals surface area contributed by atoms with Gasteiger partial charge in [-0.05, 0) is 0 Å². The molecule has 10 atom stereocenters. The molecule has 3 fully saturated rings. The van der Waals surface area contributed by atoms with Crippen molar-refractivity contribution >= 4 is 23.8 Å². The predicted molar refractivity (Wildman–Crippen MR) is 165 cm³/mol. The Hall–Kier alpha value is -2.68. The van der Waals surface area contributed by atoms with Crippen molar-refractivity contribution < 1.29 is 79.7 Å². The first-order chi connectivity index (χ1) is 23.6. The van der Waals surface area contributed by atoms with Crippen molar-refractivity contribution in [2.45, 2.75) is 61.3 Å². The summed E-state index contributed by atoms with van der Waals surface area (Å²) in [6, 6.07) is -2.86. The number of carboxylic acid groups (broad SMARTS) is 2. The van der Waals surface area contributed by atoms with Crippen LogP contribution in [0.4, 0.5) is 0 Å². The molecular weight excluding hydrogens is 676 g/mol. The molecule has 2 unspecified atom stereocenters. The molecule has 0 aromatic heterocycles. The SMILES string of the molecule is O=C(O)CN1CCN(CC(=O)NC2[C@H](O)O[C@H](CO)[C@@H](O)[C@@H]2O)CCN(CC(=O)O)CCN(CC(=O)NC2[C@H](O)O[C@H](CO)[C@@H](O)[C@@H]2O)CC1. The van der Waals surface area contributed by atoms with Crippen molar-refractivity contribution in [3.63, 3.8) is 0 Å². The summed E-state index contributed by atoms with van der Waals surface area (Å²) in [4.78, 5) is 55.7. The van der Waals surface area contributed by atoms with Crippen molar-refractivity contribution in [1.82, 2.24) is 30.2 Å². The van der Waals surface area contributed by atoms with Gasteiger partial charge in [0.2, 0.25) is 11.8 Å². The molecule has 0 aliphatic carbocycles. The zero-order valence-electron chi connectivity index (χ0n) is 27.4. The Morgan fingerprint density at radius 1 is 0.500 bits per heavy atom. The number of hydrogen-bond acceptors (Lipinski definition) is 18. The molecule has 2 amide bonds. The second-order valence-corrected chi connectivity index (χ2v) is 12.5. The molecule has 3 saturated heterocycles. The minimum absolute atomic E-state index is 0.120. The molecule has 3 aliphatic heterocycles. The Balaban J connectivity index is 1.69. The van der Waals surface area contributed by atoms with Crippen LogP contribution < -0.4 is 10.6 Å². The first kappa shape index (κ1) is 41.7. The number of nitrogens with zero attached hydrogens (tertiary/aromatic N) is 4. The fourth-order valence-corrected chi connectivity index (χ4v) is 5.97. The van der Waals surface area contributed by atoms with Gasteiger partial charge in [-0.25, -0.2) is 0 Å². The number of rotatable bonds is 12. The molecule has 12 N–H and O–H groups in total. The van der Waals surface area contributed by atoms with Gasteiger partial charge < -0.3 is 71.2 Å². The van der Waals surface area contributed by atoms with Gasteiger partial charge in [-0.2, -0.15) is 0 Å². The fourth-order valence-electron chi connectivity index (χ4n) is 5.97. The number of carbonyl (C=O) groups is 4. The summed E-state index contributed by atoms with van der Waals surface area (Å²) in [6.45, 7) is -1.82. The van der Waals surface area contributed by atoms with E-state index in [4.69, 9.17) is 9.47 Å². The third-order valence-corrected chi connectivity index (χ3v) is 8.84. The quantitative estimate of drug-likeness (QED) is 0.0888. The lowest BCUT2D eigenvalue weighted by atomic mass is 9.97. The zero-order valence-corrected chi connectivity index (χ0v) is 27.4. The van der Waals surface area contributed by atoms with E-state index in [1.54, 1.807) is 19.6 Å². The summed E-state index contributed by atoms with van der Waals surface area (Å²) in [5, 5.41) is 104. The number of ether oxygens (including phenoxy) is 2. The minimum Gasteiger partial charge on any atom is -0.480 e. The number of aliphatic hydroxyl groups excluding tert-OH is 8. The van der Waals surface area contributed by atoms with Crippen LogP contribution in [0.5, 0.6) is 0 Å². The highest BCUT2D eigenvalue weighted by atomic mass is 16.6. The predicted octanol–water partition coefficient (Wildman–Crippen LogP) is -8.79. The van der Waals surface area contributed by atoms with Gasteiger partial charge in [-0.3, -0.25) is 38.8 Å². The largest absolute Gasteiger partial charge is 0.480 e. The molecule has 3 aliphatic rings. The van der Waals surface area contributed by atoms with Gasteiger partial charge in [0.05, 0.1) is 39.4 Å². The number of nitrogens with one attached hydrogen (secondary N) is 2. The molecular formula is C28H50N6O16. The Morgan fingerprint density at radius 3 is 1.04 bits per heavy atom. The van der Waals surface area contributed by atoms with Gasteiger partial charge in [0, 0.05) is 52.4 Å². The van der Waals surface area contributed by atoms with Crippen LogP contribution >= 0.6 is 0 Å². The third kappa shape index (κ3) is 12.2. The second-order valence-electron chi connectivity index (χ2n) is 12.5. The first-order valence-electron chi connectivity index (χ1n) is 16.2. The van der Waals surface area contributed by atoms with Crippen LogP contribution in [0, 0.1) is 0 Å². The zero-order chi connectivity index (χ0) is 37.1. The summed E-state index contributed by atoms with van der Waals surface area (Å²) in [6.07, 6.45) is -12.5. The molecule has 0 radical (unpaired) electrons. The molecule has 0 saturated carbocycles. The van der Waals surface area contributed by atoms with Gasteiger partial charge in [-0.1, -0.05) is 0 Å². The van der Waals surface area contributed by atoms with E-state index in [-0.39, 0.29) is 65.4 Å². The second kappa shape index (κ2) is 19.8. The van der Waals surface area contributed by atoms with Crippen LogP contribution in [0.1, 0.15) is 0 Å². The number of carboxylic acids is 2. The van der Waals surface area contributed by atoms with E-state index in [1.807, 2.05) is 0 Å². The van der Waals surface area contributed by atoms with E-state index in [0.29, 0.717) is 0 Å². The van der Waals surface area contributed by atoms with Crippen molar-refractivity contribution in [2.75, 3.05) is 91.8 Å². The smallest absolute Gasteiger partial charge is 0.317 e. The van der Waals surface area contributed by atoms with E-state index < -0.39 is 111 Å². The molecule has 0 aromatic carbocycles. The summed E-state index contributed by atoms with van der Waals surface area (Å²) in [5.41, 5.74) is 0. The van der Waals surface area contributed by atoms with E-state index in [2.05, 4.69) is 10.6 Å². The maximum Gasteiger partial charge on any atom is 0.317 e. The molecule has 0 spiro atoms. The molecule has 3 heterocycles. The van der Waals surface area contributed by atoms with Crippen molar-refractivity contribution in [1.29, 1.82) is 0 Å². The van der Waals surface area contributed by atoms with Gasteiger partial charge >= 0.3 is 11.9 Å². The average Bonchev–Trinajstić information content (AvgIpc) is 3.05. The molecule has 22 nitrogen and oxygen atoms in total. The lowest BCUT2D eigenvalue weighted by Gasteiger charge is -2.40. The third-order valence-electron chi connectivity index (χ3n) is 8.84. The highest BCUT2D eigenvalue weighted by Gasteiger charge is 2.45. The molecule has 0 aromatic rings. The normalized spacial score (nSPS) is 34.6. The number of aliphatic carboxylic acids is 2. The van der Waals surface area contributed by atoms with Gasteiger partial charge in [-0.15, -0.1) is 0 Å². The number of aliphatic hydroxyl groups is 8. The van der Waals surface area contributed by atoms with Crippen LogP contribution in [0.3, 0.4) is 0 Å². The fraction of sp³-hybridized carbons (Fsp3) is 0.857. The minimum atomic E-state index is -1.74. The summed E-state index contributed by atoms with van der Waals surface area (Å²) < 4.78 is 10.2. The van der Waals surface area contributed by atoms with Crippen molar-refractivity contribution in [3.05, 3.63) is 0 Å². The molecule has 288 valence electrons. The topological polar surface area (TPSA) is 326 Å². The molecule has 22 heteroatoms. The number of carbonyl (C=O) groups excluding carboxylic acids is 2. The number of hydrogen-bond donors (Lipinski definition) is 12. The maximum absolute atomic E-state index is 13.0. The van der Waals surface area contributed by atoms with Crippen LogP contribution in [-0.4, -0.2) is 247 Å². The Kier molecular flexibility index (Phi) is 16.5.